The van der Waals surface area contributed by atoms with E-state index in [-0.39, 0.29) is 6.61 Å². The Morgan fingerprint density at radius 2 is 2.44 bits per heavy atom. The largest absolute Gasteiger partial charge is 0.396 e. The summed E-state index contributed by atoms with van der Waals surface area (Å²) < 4.78 is 2.20. The van der Waals surface area contributed by atoms with Gasteiger partial charge in [0, 0.05) is 37.2 Å². The minimum absolute atomic E-state index is 0.239. The van der Waals surface area contributed by atoms with Crippen molar-refractivity contribution >= 4 is 16.3 Å². The Morgan fingerprint density at radius 1 is 1.61 bits per heavy atom. The molecule has 0 spiro atoms. The van der Waals surface area contributed by atoms with Crippen LogP contribution in [0, 0.1) is 5.92 Å². The topological polar surface area (TPSA) is 49.6 Å². The van der Waals surface area contributed by atoms with Gasteiger partial charge < -0.3 is 10.4 Å². The van der Waals surface area contributed by atoms with E-state index in [1.165, 1.54) is 24.2 Å². The number of aliphatic hydroxyl groups is 1. The van der Waals surface area contributed by atoms with Crippen molar-refractivity contribution in [3.63, 3.8) is 0 Å². The van der Waals surface area contributed by atoms with Gasteiger partial charge in [-0.1, -0.05) is 6.92 Å². The van der Waals surface area contributed by atoms with Gasteiger partial charge >= 0.3 is 0 Å². The van der Waals surface area contributed by atoms with Gasteiger partial charge in [0.2, 0.25) is 0 Å². The molecule has 1 saturated carbocycles. The first-order valence-electron chi connectivity index (χ1n) is 6.55. The summed E-state index contributed by atoms with van der Waals surface area (Å²) in [5.41, 5.74) is 2.59. The maximum Gasteiger partial charge on any atom is 0.194 e. The third-order valence-corrected chi connectivity index (χ3v) is 4.21. The number of nitrogens with zero attached hydrogens (tertiary/aromatic N) is 2. The summed E-state index contributed by atoms with van der Waals surface area (Å²) in [4.78, 5) is 5.85. The first kappa shape index (κ1) is 12.1. The second-order valence-corrected chi connectivity index (χ2v) is 6.07. The van der Waals surface area contributed by atoms with Crippen LogP contribution in [0.25, 0.3) is 4.96 Å². The van der Waals surface area contributed by atoms with Gasteiger partial charge in [-0.3, -0.25) is 4.40 Å². The molecule has 5 heteroatoms. The predicted molar refractivity (Wildman–Crippen MR) is 73.0 cm³/mol. The lowest BCUT2D eigenvalue weighted by Crippen LogP contribution is -2.23. The highest BCUT2D eigenvalue weighted by atomic mass is 32.1. The summed E-state index contributed by atoms with van der Waals surface area (Å²) in [5, 5.41) is 14.5. The molecule has 2 aromatic rings. The molecule has 0 amide bonds. The van der Waals surface area contributed by atoms with Crippen molar-refractivity contribution in [1.82, 2.24) is 14.7 Å². The van der Waals surface area contributed by atoms with Crippen LogP contribution in [0.5, 0.6) is 0 Å². The zero-order chi connectivity index (χ0) is 12.5. The van der Waals surface area contributed by atoms with Gasteiger partial charge in [0.15, 0.2) is 4.96 Å². The Morgan fingerprint density at radius 3 is 3.17 bits per heavy atom. The van der Waals surface area contributed by atoms with Gasteiger partial charge in [-0.25, -0.2) is 4.98 Å². The van der Waals surface area contributed by atoms with Gasteiger partial charge in [-0.15, -0.1) is 11.3 Å². The van der Waals surface area contributed by atoms with Crippen molar-refractivity contribution in [2.75, 3.05) is 13.2 Å². The number of rotatable bonds is 6. The summed E-state index contributed by atoms with van der Waals surface area (Å²) in [6.07, 6.45) is 4.67. The molecule has 0 bridgehead atoms. The van der Waals surface area contributed by atoms with Crippen LogP contribution in [0.1, 0.15) is 37.1 Å². The highest BCUT2D eigenvalue weighted by Crippen LogP contribution is 2.41. The second-order valence-electron chi connectivity index (χ2n) is 5.19. The molecule has 1 fully saturated rings. The minimum atomic E-state index is 0.239. The summed E-state index contributed by atoms with van der Waals surface area (Å²) >= 11 is 1.70. The van der Waals surface area contributed by atoms with E-state index in [1.807, 2.05) is 6.92 Å². The van der Waals surface area contributed by atoms with Crippen LogP contribution in [0.15, 0.2) is 11.6 Å². The molecule has 2 heterocycles. The molecule has 4 nitrogen and oxygen atoms in total. The molecule has 1 aliphatic rings. The van der Waals surface area contributed by atoms with Crippen molar-refractivity contribution in [3.05, 3.63) is 23.0 Å². The highest BCUT2D eigenvalue weighted by Gasteiger charge is 2.30. The number of hydrogen-bond donors (Lipinski definition) is 2. The quantitative estimate of drug-likeness (QED) is 0.840. The van der Waals surface area contributed by atoms with Gasteiger partial charge in [-0.05, 0) is 18.8 Å². The third-order valence-electron chi connectivity index (χ3n) is 3.45. The normalized spacial score (nSPS) is 17.4. The fraction of sp³-hybridized carbons (Fsp3) is 0.615. The van der Waals surface area contributed by atoms with Crippen molar-refractivity contribution in [3.8, 4) is 0 Å². The monoisotopic (exact) mass is 265 g/mol. The van der Waals surface area contributed by atoms with Crippen LogP contribution in [-0.4, -0.2) is 27.6 Å². The van der Waals surface area contributed by atoms with E-state index < -0.39 is 0 Å². The Balaban J connectivity index is 1.76. The molecule has 98 valence electrons. The Hall–Kier alpha value is -0.910. The minimum Gasteiger partial charge on any atom is -0.396 e. The number of nitrogens with one attached hydrogen (secondary N) is 1. The number of aliphatic hydroxyl groups excluding tert-OH is 1. The van der Waals surface area contributed by atoms with E-state index in [9.17, 15) is 0 Å². The lowest BCUT2D eigenvalue weighted by atomic mass is 10.2. The number of fused-ring (bicyclic) bond motifs is 1. The molecule has 2 aromatic heterocycles. The zero-order valence-corrected chi connectivity index (χ0v) is 11.4. The highest BCUT2D eigenvalue weighted by molar-refractivity contribution is 7.15. The van der Waals surface area contributed by atoms with Crippen LogP contribution in [0.2, 0.25) is 0 Å². The van der Waals surface area contributed by atoms with Gasteiger partial charge in [0.25, 0.3) is 0 Å². The summed E-state index contributed by atoms with van der Waals surface area (Å²) in [5.74, 6) is 0.990. The van der Waals surface area contributed by atoms with E-state index >= 15 is 0 Å². The van der Waals surface area contributed by atoms with Crippen LogP contribution in [-0.2, 0) is 6.54 Å². The van der Waals surface area contributed by atoms with Crippen molar-refractivity contribution in [2.24, 2.45) is 5.92 Å². The number of hydrogen-bond acceptors (Lipinski definition) is 4. The number of thiazole rings is 1. The Bertz CT molecular complexity index is 529. The molecular formula is C13H19N3OS. The van der Waals surface area contributed by atoms with Crippen LogP contribution in [0.4, 0.5) is 0 Å². The van der Waals surface area contributed by atoms with Crippen LogP contribution >= 0.6 is 11.3 Å². The first-order chi connectivity index (χ1) is 8.79. The van der Waals surface area contributed by atoms with Gasteiger partial charge in [0.1, 0.15) is 0 Å². The average Bonchev–Trinajstić information content (AvgIpc) is 3.02. The fourth-order valence-electron chi connectivity index (χ4n) is 2.21. The molecule has 3 rings (SSSR count). The van der Waals surface area contributed by atoms with Gasteiger partial charge in [-0.2, -0.15) is 0 Å². The summed E-state index contributed by atoms with van der Waals surface area (Å²) in [7, 11) is 0. The standard InChI is InChI=1S/C13H19N3OS/c1-9(8-17)6-14-7-11-12(10-2-3-10)15-13-16(11)4-5-18-13/h4-5,9-10,14,17H,2-3,6-8H2,1H3. The van der Waals surface area contributed by atoms with E-state index in [0.717, 1.165) is 18.1 Å². The van der Waals surface area contributed by atoms with E-state index in [4.69, 9.17) is 10.1 Å². The van der Waals surface area contributed by atoms with Gasteiger partial charge in [0.05, 0.1) is 11.4 Å². The molecule has 1 atom stereocenters. The molecule has 2 N–H and O–H groups in total. The molecule has 0 aliphatic heterocycles. The molecule has 0 aromatic carbocycles. The van der Waals surface area contributed by atoms with Crippen LogP contribution < -0.4 is 5.32 Å². The summed E-state index contributed by atoms with van der Waals surface area (Å²) in [6.45, 7) is 3.97. The maximum atomic E-state index is 9.03. The van der Waals surface area contributed by atoms with Crippen molar-refractivity contribution in [1.29, 1.82) is 0 Å². The van der Waals surface area contributed by atoms with E-state index in [1.54, 1.807) is 11.3 Å². The van der Waals surface area contributed by atoms with Crippen LogP contribution in [0.3, 0.4) is 0 Å². The molecule has 18 heavy (non-hydrogen) atoms. The summed E-state index contributed by atoms with van der Waals surface area (Å²) in [6, 6.07) is 0. The molecular weight excluding hydrogens is 246 g/mol. The molecule has 0 radical (unpaired) electrons. The Kier molecular flexibility index (Phi) is 3.37. The third kappa shape index (κ3) is 2.30. The first-order valence-corrected chi connectivity index (χ1v) is 7.43. The number of aromatic nitrogens is 2. The predicted octanol–water partition coefficient (Wildman–Crippen LogP) is 1.99. The van der Waals surface area contributed by atoms with Crippen molar-refractivity contribution in [2.45, 2.75) is 32.2 Å². The smallest absolute Gasteiger partial charge is 0.194 e. The Labute approximate surface area is 111 Å². The zero-order valence-electron chi connectivity index (χ0n) is 10.6. The molecule has 1 aliphatic carbocycles. The van der Waals surface area contributed by atoms with Crippen molar-refractivity contribution < 1.29 is 5.11 Å². The maximum absolute atomic E-state index is 9.03. The molecule has 1 unspecified atom stereocenters. The lowest BCUT2D eigenvalue weighted by molar-refractivity contribution is 0.233. The fourth-order valence-corrected chi connectivity index (χ4v) is 2.95. The number of imidazole rings is 1. The lowest BCUT2D eigenvalue weighted by Gasteiger charge is -2.10. The van der Waals surface area contributed by atoms with E-state index in [2.05, 4.69) is 21.3 Å². The molecule has 0 saturated heterocycles. The second kappa shape index (κ2) is 4.99. The SMILES string of the molecule is CC(CO)CNCc1c(C2CC2)nc2sccn12. The average molecular weight is 265 g/mol. The van der Waals surface area contributed by atoms with E-state index in [0.29, 0.717) is 11.8 Å².